The summed E-state index contributed by atoms with van der Waals surface area (Å²) in [7, 11) is 0. The molecule has 4 amide bonds. The van der Waals surface area contributed by atoms with Gasteiger partial charge in [0.05, 0.1) is 11.1 Å². The summed E-state index contributed by atoms with van der Waals surface area (Å²) in [6.07, 6.45) is 1.03. The summed E-state index contributed by atoms with van der Waals surface area (Å²) >= 11 is 7.00. The van der Waals surface area contributed by atoms with Gasteiger partial charge in [0.2, 0.25) is 0 Å². The molecule has 2 aliphatic rings. The third-order valence-corrected chi connectivity index (χ3v) is 8.36. The summed E-state index contributed by atoms with van der Waals surface area (Å²) in [5, 5.41) is 0.700. The van der Waals surface area contributed by atoms with Gasteiger partial charge in [-0.25, -0.2) is 0 Å². The molecule has 0 aromatic heterocycles. The molecule has 188 valence electrons. The van der Waals surface area contributed by atoms with Gasteiger partial charge >= 0.3 is 0 Å². The molecule has 0 fully saturated rings. The Bertz CT molecular complexity index is 1540. The second-order valence-electron chi connectivity index (χ2n) is 9.31. The van der Waals surface area contributed by atoms with E-state index in [4.69, 9.17) is 0 Å². The van der Waals surface area contributed by atoms with Crippen molar-refractivity contribution in [3.8, 4) is 0 Å². The number of hydrogen-bond donors (Lipinski definition) is 0. The molecule has 0 N–H and O–H groups in total. The summed E-state index contributed by atoms with van der Waals surface area (Å²) in [5.74, 6) is -1.78. The Morgan fingerprint density at radius 1 is 0.526 bits per heavy atom. The summed E-state index contributed by atoms with van der Waals surface area (Å²) in [6, 6.07) is 22.5. The lowest BCUT2D eigenvalue weighted by atomic mass is 9.85. The van der Waals surface area contributed by atoms with E-state index in [1.165, 1.54) is 9.80 Å². The molecular formula is C30H20Br2N2O4. The zero-order valence-corrected chi connectivity index (χ0v) is 23.2. The molecule has 0 radical (unpaired) electrons. The summed E-state index contributed by atoms with van der Waals surface area (Å²) in [4.78, 5) is 57.0. The van der Waals surface area contributed by atoms with Crippen molar-refractivity contribution >= 4 is 66.3 Å². The zero-order chi connectivity index (χ0) is 26.6. The van der Waals surface area contributed by atoms with Crippen LogP contribution in [0.3, 0.4) is 0 Å². The van der Waals surface area contributed by atoms with Crippen molar-refractivity contribution in [2.45, 2.75) is 12.8 Å². The zero-order valence-electron chi connectivity index (χ0n) is 20.0. The highest BCUT2D eigenvalue weighted by Gasteiger charge is 2.42. The molecular weight excluding hydrogens is 612 g/mol. The van der Waals surface area contributed by atoms with Crippen molar-refractivity contribution in [1.29, 1.82) is 0 Å². The number of carbonyl (C=O) groups excluding carboxylic acids is 4. The second kappa shape index (κ2) is 9.60. The smallest absolute Gasteiger partial charge is 0.262 e. The van der Waals surface area contributed by atoms with Gasteiger partial charge < -0.3 is 0 Å². The number of carbonyl (C=O) groups is 4. The summed E-state index contributed by atoms with van der Waals surface area (Å²) < 4.78 is 0.838. The van der Waals surface area contributed by atoms with Crippen LogP contribution >= 0.6 is 31.9 Å². The minimum absolute atomic E-state index is 0.210. The minimum atomic E-state index is -0.448. The Morgan fingerprint density at radius 3 is 1.26 bits per heavy atom. The maximum absolute atomic E-state index is 13.6. The molecule has 6 rings (SSSR count). The average molecular weight is 632 g/mol. The van der Waals surface area contributed by atoms with Gasteiger partial charge in [0.25, 0.3) is 23.6 Å². The number of imide groups is 2. The van der Waals surface area contributed by atoms with Gasteiger partial charge in [0.15, 0.2) is 0 Å². The highest BCUT2D eigenvalue weighted by atomic mass is 79.9. The van der Waals surface area contributed by atoms with Gasteiger partial charge in [-0.15, -0.1) is 0 Å². The van der Waals surface area contributed by atoms with Crippen molar-refractivity contribution in [2.75, 3.05) is 13.1 Å². The van der Waals surface area contributed by atoms with Crippen LogP contribution in [-0.2, 0) is 12.8 Å². The van der Waals surface area contributed by atoms with E-state index in [0.29, 0.717) is 54.8 Å². The van der Waals surface area contributed by atoms with Gasteiger partial charge in [-0.05, 0) is 68.0 Å². The average Bonchev–Trinajstić information content (AvgIpc) is 2.92. The third-order valence-electron chi connectivity index (χ3n) is 7.11. The fourth-order valence-corrected chi connectivity index (χ4v) is 6.44. The Balaban J connectivity index is 1.43. The maximum atomic E-state index is 13.6. The first-order valence-electron chi connectivity index (χ1n) is 12.2. The van der Waals surface area contributed by atoms with E-state index < -0.39 is 23.6 Å². The van der Waals surface area contributed by atoms with Crippen LogP contribution in [0.2, 0.25) is 0 Å². The Morgan fingerprint density at radius 2 is 0.895 bits per heavy atom. The van der Waals surface area contributed by atoms with Crippen molar-refractivity contribution in [1.82, 2.24) is 9.80 Å². The monoisotopic (exact) mass is 630 g/mol. The van der Waals surface area contributed by atoms with Crippen molar-refractivity contribution < 1.29 is 19.2 Å². The van der Waals surface area contributed by atoms with Gasteiger partial charge in [0, 0.05) is 43.9 Å². The van der Waals surface area contributed by atoms with E-state index >= 15 is 0 Å². The predicted octanol–water partition coefficient (Wildman–Crippen LogP) is 6.04. The molecule has 0 bridgehead atoms. The molecule has 8 heteroatoms. The molecule has 0 aliphatic carbocycles. The van der Waals surface area contributed by atoms with Crippen LogP contribution in [0.1, 0.15) is 52.6 Å². The van der Waals surface area contributed by atoms with Crippen LogP contribution in [0.5, 0.6) is 0 Å². The molecule has 4 aromatic rings. The lowest BCUT2D eigenvalue weighted by molar-refractivity contribution is 0.0589. The standard InChI is InChI=1S/C30H20Br2N2O4/c31-21-16-20-24-23-19(27(35)33(29(37)25(21)23)13-11-17-7-3-1-4-8-17)15-22(32)26(24)30(38)34(28(20)36)14-12-18-9-5-2-6-10-18/h1-10,15-16H,11-14H2. The predicted molar refractivity (Wildman–Crippen MR) is 150 cm³/mol. The van der Waals surface area contributed by atoms with Gasteiger partial charge in [-0.2, -0.15) is 0 Å². The first kappa shape index (κ1) is 24.7. The Labute approximate surface area is 235 Å². The van der Waals surface area contributed by atoms with Gasteiger partial charge in [-0.1, -0.05) is 60.7 Å². The fourth-order valence-electron chi connectivity index (χ4n) is 5.25. The van der Waals surface area contributed by atoms with Crippen LogP contribution < -0.4 is 0 Å². The number of nitrogens with zero attached hydrogens (tertiary/aromatic N) is 2. The Hall–Kier alpha value is -3.62. The van der Waals surface area contributed by atoms with Gasteiger partial charge in [0.1, 0.15) is 0 Å². The number of halogens is 2. The first-order chi connectivity index (χ1) is 18.4. The molecule has 2 aliphatic heterocycles. The number of hydrogen-bond acceptors (Lipinski definition) is 4. The highest BCUT2D eigenvalue weighted by Crippen LogP contribution is 2.44. The minimum Gasteiger partial charge on any atom is -0.274 e. The van der Waals surface area contributed by atoms with E-state index in [1.54, 1.807) is 12.1 Å². The number of benzene rings is 4. The molecule has 6 nitrogen and oxygen atoms in total. The third kappa shape index (κ3) is 3.90. The van der Waals surface area contributed by atoms with E-state index in [-0.39, 0.29) is 13.1 Å². The lowest BCUT2D eigenvalue weighted by Crippen LogP contribution is -2.44. The quantitative estimate of drug-likeness (QED) is 0.243. The van der Waals surface area contributed by atoms with Crippen LogP contribution in [0.15, 0.2) is 81.7 Å². The SMILES string of the molecule is O=C1c2cc(Br)c3c4c(cc(Br)c(c24)C(=O)N1CCc1ccccc1)C(=O)N(CCc1ccccc1)C3=O. The van der Waals surface area contributed by atoms with Crippen molar-refractivity contribution in [3.63, 3.8) is 0 Å². The van der Waals surface area contributed by atoms with E-state index in [0.717, 1.165) is 11.1 Å². The van der Waals surface area contributed by atoms with Crippen LogP contribution in [0, 0.1) is 0 Å². The van der Waals surface area contributed by atoms with Crippen molar-refractivity contribution in [3.05, 3.63) is 115 Å². The molecule has 4 aromatic carbocycles. The molecule has 0 saturated carbocycles. The highest BCUT2D eigenvalue weighted by molar-refractivity contribution is 9.10. The summed E-state index contributed by atoms with van der Waals surface area (Å²) in [6.45, 7) is 0.419. The second-order valence-corrected chi connectivity index (χ2v) is 11.0. The lowest BCUT2D eigenvalue weighted by Gasteiger charge is -2.33. The maximum Gasteiger partial charge on any atom is 0.262 e. The molecule has 0 unspecified atom stereocenters. The van der Waals surface area contributed by atoms with Crippen LogP contribution in [-0.4, -0.2) is 46.5 Å². The summed E-state index contributed by atoms with van der Waals surface area (Å²) in [5.41, 5.74) is 3.18. The van der Waals surface area contributed by atoms with Crippen LogP contribution in [0.4, 0.5) is 0 Å². The van der Waals surface area contributed by atoms with Crippen molar-refractivity contribution in [2.24, 2.45) is 0 Å². The molecule has 0 saturated heterocycles. The van der Waals surface area contributed by atoms with Crippen LogP contribution in [0.25, 0.3) is 10.8 Å². The van der Waals surface area contributed by atoms with Gasteiger partial charge in [-0.3, -0.25) is 29.0 Å². The molecule has 2 heterocycles. The Kier molecular flexibility index (Phi) is 6.24. The molecule has 0 spiro atoms. The first-order valence-corrected chi connectivity index (χ1v) is 13.7. The van der Waals surface area contributed by atoms with E-state index in [9.17, 15) is 19.2 Å². The number of rotatable bonds is 6. The number of amides is 4. The van der Waals surface area contributed by atoms with E-state index in [2.05, 4.69) is 31.9 Å². The topological polar surface area (TPSA) is 74.8 Å². The largest absolute Gasteiger partial charge is 0.274 e. The fraction of sp³-hybridized carbons (Fsp3) is 0.133. The van der Waals surface area contributed by atoms with E-state index in [1.807, 2.05) is 60.7 Å². The molecule has 38 heavy (non-hydrogen) atoms. The normalized spacial score (nSPS) is 14.6. The molecule has 0 atom stereocenters.